The third kappa shape index (κ3) is 1.38. The predicted molar refractivity (Wildman–Crippen MR) is 46.3 cm³/mol. The van der Waals surface area contributed by atoms with E-state index >= 15 is 0 Å². The van der Waals surface area contributed by atoms with Crippen molar-refractivity contribution in [1.29, 1.82) is 0 Å². The molecule has 0 bridgehead atoms. The van der Waals surface area contributed by atoms with Crippen LogP contribution < -0.4 is 4.74 Å². The smallest absolute Gasteiger partial charge is 0.180 e. The molecule has 0 saturated heterocycles. The third-order valence-corrected chi connectivity index (χ3v) is 2.00. The Morgan fingerprint density at radius 3 is 2.33 bits per heavy atom. The summed E-state index contributed by atoms with van der Waals surface area (Å²) in [7, 11) is 1.36. The number of hydrogen-bond acceptors (Lipinski definition) is 3. The first-order chi connectivity index (χ1) is 5.57. The van der Waals surface area contributed by atoms with Gasteiger partial charge in [0.15, 0.2) is 17.2 Å². The van der Waals surface area contributed by atoms with Crippen LogP contribution in [0.25, 0.3) is 0 Å². The van der Waals surface area contributed by atoms with Gasteiger partial charge in [-0.3, -0.25) is 0 Å². The molecule has 5 heteroatoms. The molecule has 0 amide bonds. The largest absolute Gasteiger partial charge is 0.505 e. The molecule has 2 N–H and O–H groups in total. The first-order valence-electron chi connectivity index (χ1n) is 3.01. The topological polar surface area (TPSA) is 49.7 Å². The minimum absolute atomic E-state index is 0.0367. The zero-order valence-corrected chi connectivity index (χ0v) is 7.65. The van der Waals surface area contributed by atoms with Crippen LogP contribution in [-0.2, 0) is 0 Å². The van der Waals surface area contributed by atoms with Crippen molar-refractivity contribution in [1.82, 2.24) is 0 Å². The maximum absolute atomic E-state index is 9.23. The van der Waals surface area contributed by atoms with Crippen LogP contribution in [0, 0.1) is 0 Å². The summed E-state index contributed by atoms with van der Waals surface area (Å²) in [6.07, 6.45) is 0. The molecule has 0 unspecified atom stereocenters. The maximum atomic E-state index is 9.23. The number of methoxy groups -OCH3 is 1. The van der Waals surface area contributed by atoms with E-state index in [2.05, 4.69) is 0 Å². The second-order valence-electron chi connectivity index (χ2n) is 2.07. The fourth-order valence-electron chi connectivity index (χ4n) is 0.733. The van der Waals surface area contributed by atoms with E-state index in [1.165, 1.54) is 13.2 Å². The van der Waals surface area contributed by atoms with Gasteiger partial charge in [0.1, 0.15) is 5.02 Å². The van der Waals surface area contributed by atoms with Gasteiger partial charge in [-0.05, 0) is 0 Å². The molecule has 0 heterocycles. The number of aromatic hydroxyl groups is 2. The standard InChI is InChI=1S/C7H6Cl2O3/c1-12-4-2-3(8)6(10)5(9)7(4)11/h2,10-11H,1H3. The van der Waals surface area contributed by atoms with Crippen molar-refractivity contribution in [3.8, 4) is 17.2 Å². The minimum atomic E-state index is -0.350. The highest BCUT2D eigenvalue weighted by atomic mass is 35.5. The van der Waals surface area contributed by atoms with E-state index in [0.29, 0.717) is 0 Å². The summed E-state index contributed by atoms with van der Waals surface area (Å²) in [6, 6.07) is 1.28. The summed E-state index contributed by atoms with van der Waals surface area (Å²) in [5.74, 6) is -0.541. The molecule has 0 aliphatic rings. The molecule has 1 aromatic rings. The number of halogens is 2. The van der Waals surface area contributed by atoms with Gasteiger partial charge in [0, 0.05) is 6.07 Å². The van der Waals surface area contributed by atoms with Crippen molar-refractivity contribution in [3.63, 3.8) is 0 Å². The van der Waals surface area contributed by atoms with Gasteiger partial charge in [-0.15, -0.1) is 0 Å². The summed E-state index contributed by atoms with van der Waals surface area (Å²) in [5.41, 5.74) is 0. The van der Waals surface area contributed by atoms with E-state index in [-0.39, 0.29) is 27.3 Å². The molecule has 0 spiro atoms. The van der Waals surface area contributed by atoms with Crippen LogP contribution in [0.2, 0.25) is 10.0 Å². The van der Waals surface area contributed by atoms with Gasteiger partial charge in [-0.25, -0.2) is 0 Å². The number of benzene rings is 1. The highest BCUT2D eigenvalue weighted by molar-refractivity contribution is 6.38. The van der Waals surface area contributed by atoms with Crippen molar-refractivity contribution < 1.29 is 14.9 Å². The van der Waals surface area contributed by atoms with E-state index < -0.39 is 0 Å². The molecule has 0 fully saturated rings. The fraction of sp³-hybridized carbons (Fsp3) is 0.143. The summed E-state index contributed by atoms with van der Waals surface area (Å²) >= 11 is 11.0. The summed E-state index contributed by atoms with van der Waals surface area (Å²) in [6.45, 7) is 0. The van der Waals surface area contributed by atoms with Crippen LogP contribution in [0.3, 0.4) is 0 Å². The van der Waals surface area contributed by atoms with Gasteiger partial charge in [0.25, 0.3) is 0 Å². The second kappa shape index (κ2) is 3.29. The Hall–Kier alpha value is -0.800. The number of phenolic OH excluding ortho intramolecular Hbond substituents is 2. The SMILES string of the molecule is COc1cc(Cl)c(O)c(Cl)c1O. The zero-order valence-electron chi connectivity index (χ0n) is 6.14. The Kier molecular flexibility index (Phi) is 2.55. The summed E-state index contributed by atoms with van der Waals surface area (Å²) in [5, 5.41) is 18.2. The van der Waals surface area contributed by atoms with E-state index in [0.717, 1.165) is 0 Å². The molecule has 66 valence electrons. The molecular formula is C7H6Cl2O3. The lowest BCUT2D eigenvalue weighted by Crippen LogP contribution is -1.84. The van der Waals surface area contributed by atoms with Crippen LogP contribution in [0.5, 0.6) is 17.2 Å². The van der Waals surface area contributed by atoms with Crippen LogP contribution in [0.1, 0.15) is 0 Å². The van der Waals surface area contributed by atoms with E-state index in [1.807, 2.05) is 0 Å². The molecule has 0 aromatic heterocycles. The highest BCUT2D eigenvalue weighted by Crippen LogP contribution is 2.44. The lowest BCUT2D eigenvalue weighted by molar-refractivity contribution is 0.370. The third-order valence-electron chi connectivity index (χ3n) is 1.35. The van der Waals surface area contributed by atoms with Gasteiger partial charge in [0.05, 0.1) is 12.1 Å². The van der Waals surface area contributed by atoms with Crippen LogP contribution in [-0.4, -0.2) is 17.3 Å². The molecule has 0 aliphatic heterocycles. The van der Waals surface area contributed by atoms with Crippen molar-refractivity contribution in [2.45, 2.75) is 0 Å². The molecule has 0 radical (unpaired) electrons. The van der Waals surface area contributed by atoms with E-state index in [9.17, 15) is 5.11 Å². The first kappa shape index (κ1) is 9.29. The van der Waals surface area contributed by atoms with Crippen LogP contribution >= 0.6 is 23.2 Å². The summed E-state index contributed by atoms with van der Waals surface area (Å²) in [4.78, 5) is 0. The Balaban J connectivity index is 3.39. The van der Waals surface area contributed by atoms with Gasteiger partial charge < -0.3 is 14.9 Å². The molecule has 3 nitrogen and oxygen atoms in total. The number of hydrogen-bond donors (Lipinski definition) is 2. The fourth-order valence-corrected chi connectivity index (χ4v) is 1.17. The lowest BCUT2D eigenvalue weighted by Gasteiger charge is -2.07. The molecule has 1 rings (SSSR count). The van der Waals surface area contributed by atoms with Gasteiger partial charge in [0.2, 0.25) is 0 Å². The quantitative estimate of drug-likeness (QED) is 0.746. The van der Waals surface area contributed by atoms with Gasteiger partial charge in [-0.2, -0.15) is 0 Å². The van der Waals surface area contributed by atoms with Crippen molar-refractivity contribution in [2.75, 3.05) is 7.11 Å². The molecule has 0 aliphatic carbocycles. The average Bonchev–Trinajstić information content (AvgIpc) is 2.08. The zero-order chi connectivity index (χ0) is 9.30. The Labute approximate surface area is 79.1 Å². The number of ether oxygens (including phenoxy) is 1. The van der Waals surface area contributed by atoms with E-state index in [1.54, 1.807) is 0 Å². The Morgan fingerprint density at radius 2 is 1.83 bits per heavy atom. The number of rotatable bonds is 1. The Bertz CT molecular complexity index is 312. The monoisotopic (exact) mass is 208 g/mol. The van der Waals surface area contributed by atoms with Crippen molar-refractivity contribution >= 4 is 23.2 Å². The lowest BCUT2D eigenvalue weighted by atomic mass is 10.3. The van der Waals surface area contributed by atoms with Crippen LogP contribution in [0.15, 0.2) is 6.07 Å². The summed E-state index contributed by atoms with van der Waals surface area (Å²) < 4.78 is 4.73. The molecule has 0 atom stereocenters. The molecule has 1 aromatic carbocycles. The minimum Gasteiger partial charge on any atom is -0.505 e. The van der Waals surface area contributed by atoms with Gasteiger partial charge >= 0.3 is 0 Å². The van der Waals surface area contributed by atoms with Crippen molar-refractivity contribution in [2.24, 2.45) is 0 Å². The predicted octanol–water partition coefficient (Wildman–Crippen LogP) is 2.41. The Morgan fingerprint density at radius 1 is 1.25 bits per heavy atom. The molecular weight excluding hydrogens is 203 g/mol. The van der Waals surface area contributed by atoms with Gasteiger partial charge in [-0.1, -0.05) is 23.2 Å². The number of phenols is 2. The van der Waals surface area contributed by atoms with Crippen LogP contribution in [0.4, 0.5) is 0 Å². The van der Waals surface area contributed by atoms with E-state index in [4.69, 9.17) is 33.0 Å². The molecule has 0 saturated carbocycles. The highest BCUT2D eigenvalue weighted by Gasteiger charge is 2.14. The second-order valence-corrected chi connectivity index (χ2v) is 2.86. The maximum Gasteiger partial charge on any atom is 0.180 e. The molecule has 12 heavy (non-hydrogen) atoms. The normalized spacial score (nSPS) is 9.92. The van der Waals surface area contributed by atoms with Crippen molar-refractivity contribution in [3.05, 3.63) is 16.1 Å². The first-order valence-corrected chi connectivity index (χ1v) is 3.77. The average molecular weight is 209 g/mol.